The number of allylic oxidation sites excluding steroid dienone is 2. The van der Waals surface area contributed by atoms with E-state index in [4.69, 9.17) is 0 Å². The molecule has 2 rings (SSSR count). The molecular weight excluding hydrogens is 212 g/mol. The Labute approximate surface area is 103 Å². The van der Waals surface area contributed by atoms with Crippen LogP contribution in [0.1, 0.15) is 39.5 Å². The highest BCUT2D eigenvalue weighted by molar-refractivity contribution is 5.91. The lowest BCUT2D eigenvalue weighted by Gasteiger charge is -2.39. The van der Waals surface area contributed by atoms with Crippen LogP contribution in [0.25, 0.3) is 0 Å². The zero-order chi connectivity index (χ0) is 12.6. The molecule has 0 radical (unpaired) electrons. The second-order valence-corrected chi connectivity index (χ2v) is 5.81. The molecule has 0 aromatic rings. The molecule has 0 aromatic heterocycles. The predicted molar refractivity (Wildman–Crippen MR) is 68.5 cm³/mol. The van der Waals surface area contributed by atoms with Crippen molar-refractivity contribution in [2.45, 2.75) is 39.5 Å². The molecule has 0 heterocycles. The lowest BCUT2D eigenvalue weighted by molar-refractivity contribution is -0.117. The van der Waals surface area contributed by atoms with Crippen molar-refractivity contribution >= 4 is 5.78 Å². The van der Waals surface area contributed by atoms with E-state index in [2.05, 4.69) is 20.4 Å². The molecule has 3 atom stereocenters. The fraction of sp³-hybridized carbons (Fsp3) is 0.667. The van der Waals surface area contributed by atoms with Crippen LogP contribution < -0.4 is 0 Å². The summed E-state index contributed by atoms with van der Waals surface area (Å²) < 4.78 is 0. The molecule has 2 aliphatic rings. The fourth-order valence-corrected chi connectivity index (χ4v) is 3.69. The summed E-state index contributed by atoms with van der Waals surface area (Å²) in [6.07, 6.45) is 5.81. The maximum absolute atomic E-state index is 11.6. The average molecular weight is 234 g/mol. The molecule has 1 fully saturated rings. The van der Waals surface area contributed by atoms with Crippen LogP contribution in [0, 0.1) is 17.3 Å². The van der Waals surface area contributed by atoms with Crippen molar-refractivity contribution < 1.29 is 9.90 Å². The quantitative estimate of drug-likeness (QED) is 0.746. The van der Waals surface area contributed by atoms with Crippen molar-refractivity contribution in [2.24, 2.45) is 17.3 Å². The Balaban J connectivity index is 2.24. The summed E-state index contributed by atoms with van der Waals surface area (Å²) in [5.74, 6) is 1.13. The van der Waals surface area contributed by atoms with Gasteiger partial charge in [0.1, 0.15) is 0 Å². The second kappa shape index (κ2) is 4.41. The van der Waals surface area contributed by atoms with Gasteiger partial charge in [-0.3, -0.25) is 4.79 Å². The van der Waals surface area contributed by atoms with Crippen molar-refractivity contribution in [3.05, 3.63) is 23.8 Å². The molecule has 0 bridgehead atoms. The van der Waals surface area contributed by atoms with E-state index in [1.807, 2.05) is 6.08 Å². The zero-order valence-corrected chi connectivity index (χ0v) is 10.8. The van der Waals surface area contributed by atoms with Crippen LogP contribution >= 0.6 is 0 Å². The monoisotopic (exact) mass is 234 g/mol. The molecule has 1 spiro atoms. The maximum Gasteiger partial charge on any atom is 0.155 e. The number of aliphatic hydroxyl groups excluding tert-OH is 1. The molecular formula is C15H22O2. The molecule has 2 heteroatoms. The van der Waals surface area contributed by atoms with Gasteiger partial charge in [-0.25, -0.2) is 0 Å². The van der Waals surface area contributed by atoms with Gasteiger partial charge in [0.05, 0.1) is 6.61 Å². The molecule has 94 valence electrons. The van der Waals surface area contributed by atoms with Crippen LogP contribution in [0.3, 0.4) is 0 Å². The normalized spacial score (nSPS) is 37.4. The molecule has 0 unspecified atom stereocenters. The Kier molecular flexibility index (Phi) is 3.26. The van der Waals surface area contributed by atoms with Gasteiger partial charge >= 0.3 is 0 Å². The smallest absolute Gasteiger partial charge is 0.155 e. The van der Waals surface area contributed by atoms with Gasteiger partial charge in [0.15, 0.2) is 5.78 Å². The third-order valence-corrected chi connectivity index (χ3v) is 4.94. The molecule has 2 aliphatic carbocycles. The van der Waals surface area contributed by atoms with Gasteiger partial charge in [-0.05, 0) is 55.1 Å². The number of aliphatic hydroxyl groups is 1. The zero-order valence-electron chi connectivity index (χ0n) is 10.8. The van der Waals surface area contributed by atoms with Gasteiger partial charge in [-0.1, -0.05) is 19.1 Å². The van der Waals surface area contributed by atoms with E-state index in [0.29, 0.717) is 18.3 Å². The van der Waals surface area contributed by atoms with Gasteiger partial charge in [0, 0.05) is 6.42 Å². The predicted octanol–water partition coefficient (Wildman–Crippen LogP) is 2.88. The first-order valence-electron chi connectivity index (χ1n) is 6.49. The van der Waals surface area contributed by atoms with Crippen molar-refractivity contribution in [3.8, 4) is 0 Å². The van der Waals surface area contributed by atoms with Crippen LogP contribution in [0.4, 0.5) is 0 Å². The number of ketones is 1. The highest BCUT2D eigenvalue weighted by atomic mass is 16.3. The van der Waals surface area contributed by atoms with Crippen LogP contribution in [-0.2, 0) is 4.79 Å². The van der Waals surface area contributed by atoms with E-state index in [1.54, 1.807) is 0 Å². The number of rotatable bonds is 2. The molecule has 1 N–H and O–H groups in total. The first-order chi connectivity index (χ1) is 7.99. The Morgan fingerprint density at radius 2 is 2.35 bits per heavy atom. The lowest BCUT2D eigenvalue weighted by Crippen LogP contribution is -2.33. The van der Waals surface area contributed by atoms with Gasteiger partial charge < -0.3 is 5.11 Å². The third-order valence-electron chi connectivity index (χ3n) is 4.94. The van der Waals surface area contributed by atoms with Gasteiger partial charge in [0.2, 0.25) is 0 Å². The van der Waals surface area contributed by atoms with Gasteiger partial charge in [-0.15, -0.1) is 0 Å². The number of hydrogen-bond acceptors (Lipinski definition) is 2. The average Bonchev–Trinajstić information content (AvgIpc) is 2.71. The summed E-state index contributed by atoms with van der Waals surface area (Å²) in [5, 5.41) is 9.19. The Hall–Kier alpha value is -0.890. The Bertz CT molecular complexity index is 380. The summed E-state index contributed by atoms with van der Waals surface area (Å²) in [7, 11) is 0. The summed E-state index contributed by atoms with van der Waals surface area (Å²) in [6.45, 7) is 8.34. The van der Waals surface area contributed by atoms with Crippen LogP contribution in [0.2, 0.25) is 0 Å². The minimum Gasteiger partial charge on any atom is -0.392 e. The molecule has 0 saturated heterocycles. The minimum atomic E-state index is 0.0941. The number of carbonyl (C=O) groups is 1. The topological polar surface area (TPSA) is 37.3 Å². The summed E-state index contributed by atoms with van der Waals surface area (Å²) in [4.78, 5) is 11.6. The fourth-order valence-electron chi connectivity index (χ4n) is 3.69. The van der Waals surface area contributed by atoms with Crippen molar-refractivity contribution in [1.29, 1.82) is 0 Å². The highest BCUT2D eigenvalue weighted by Gasteiger charge is 2.47. The van der Waals surface area contributed by atoms with Gasteiger partial charge in [0.25, 0.3) is 0 Å². The van der Waals surface area contributed by atoms with E-state index < -0.39 is 0 Å². The minimum absolute atomic E-state index is 0.0941. The van der Waals surface area contributed by atoms with Crippen LogP contribution in [0.5, 0.6) is 0 Å². The van der Waals surface area contributed by atoms with Crippen LogP contribution in [0.15, 0.2) is 23.8 Å². The third kappa shape index (κ3) is 1.99. The molecule has 0 amide bonds. The summed E-state index contributed by atoms with van der Waals surface area (Å²) in [5.41, 5.74) is 2.39. The van der Waals surface area contributed by atoms with E-state index in [1.165, 1.54) is 5.57 Å². The standard InChI is InChI=1S/C15H22O2/c1-10(9-16)13-4-5-15(8-13)11(2)6-14(17)7-12(15)3/h6,12-13,16H,1,4-5,7-9H2,2-3H3/t12-,13-,15-/m1/s1. The number of carbonyl (C=O) groups excluding carboxylic acids is 1. The summed E-state index contributed by atoms with van der Waals surface area (Å²) in [6, 6.07) is 0. The molecule has 17 heavy (non-hydrogen) atoms. The highest BCUT2D eigenvalue weighted by Crippen LogP contribution is 2.55. The first kappa shape index (κ1) is 12.6. The van der Waals surface area contributed by atoms with E-state index >= 15 is 0 Å². The van der Waals surface area contributed by atoms with Crippen molar-refractivity contribution in [1.82, 2.24) is 0 Å². The van der Waals surface area contributed by atoms with Crippen LogP contribution in [-0.4, -0.2) is 17.5 Å². The van der Waals surface area contributed by atoms with E-state index in [-0.39, 0.29) is 17.8 Å². The Morgan fingerprint density at radius 1 is 1.65 bits per heavy atom. The largest absolute Gasteiger partial charge is 0.392 e. The Morgan fingerprint density at radius 3 is 2.94 bits per heavy atom. The maximum atomic E-state index is 11.6. The summed E-state index contributed by atoms with van der Waals surface area (Å²) >= 11 is 0. The van der Waals surface area contributed by atoms with Crippen molar-refractivity contribution in [3.63, 3.8) is 0 Å². The SMILES string of the molecule is C=C(CO)[C@@H]1CC[C@@]2(C1)C(C)=CC(=O)C[C@H]2C. The molecule has 2 nitrogen and oxygen atoms in total. The first-order valence-corrected chi connectivity index (χ1v) is 6.49. The molecule has 0 aliphatic heterocycles. The molecule has 0 aromatic carbocycles. The van der Waals surface area contributed by atoms with E-state index in [9.17, 15) is 9.90 Å². The second-order valence-electron chi connectivity index (χ2n) is 5.81. The van der Waals surface area contributed by atoms with Gasteiger partial charge in [-0.2, -0.15) is 0 Å². The van der Waals surface area contributed by atoms with E-state index in [0.717, 1.165) is 24.8 Å². The lowest BCUT2D eigenvalue weighted by atomic mass is 9.64. The molecule has 1 saturated carbocycles. The number of hydrogen-bond donors (Lipinski definition) is 1. The van der Waals surface area contributed by atoms with Crippen molar-refractivity contribution in [2.75, 3.05) is 6.61 Å².